The minimum atomic E-state index is -1.70. The third kappa shape index (κ3) is 2.59. The zero-order valence-corrected chi connectivity index (χ0v) is 17.8. The second-order valence-electron chi connectivity index (χ2n) is 9.40. The van der Waals surface area contributed by atoms with Crippen LogP contribution in [0.3, 0.4) is 0 Å². The smallest absolute Gasteiger partial charge is 0.303 e. The highest BCUT2D eigenvalue weighted by atomic mass is 19.1. The number of fused-ring (bicyclic) bond motifs is 4. The number of hydrogen-bond acceptors (Lipinski definition) is 5. The summed E-state index contributed by atoms with van der Waals surface area (Å²) in [6, 6.07) is 0. The zero-order valence-electron chi connectivity index (χ0n) is 17.8. The van der Waals surface area contributed by atoms with Crippen molar-refractivity contribution in [2.75, 3.05) is 6.61 Å². The summed E-state index contributed by atoms with van der Waals surface area (Å²) >= 11 is 0. The van der Waals surface area contributed by atoms with E-state index in [4.69, 9.17) is 4.74 Å². The second kappa shape index (κ2) is 6.58. The van der Waals surface area contributed by atoms with E-state index in [1.807, 2.05) is 26.8 Å². The summed E-state index contributed by atoms with van der Waals surface area (Å²) in [5.41, 5.74) is -0.121. The molecule has 0 bridgehead atoms. The molecule has 6 heteroatoms. The quantitative estimate of drug-likeness (QED) is 0.717. The minimum absolute atomic E-state index is 0.125. The molecule has 0 aliphatic heterocycles. The Bertz CT molecular complexity index is 986. The molecule has 5 atom stereocenters. The number of aliphatic hydroxyl groups is 1. The maximum Gasteiger partial charge on any atom is 0.303 e. The van der Waals surface area contributed by atoms with Gasteiger partial charge in [0.05, 0.1) is 0 Å². The van der Waals surface area contributed by atoms with Crippen molar-refractivity contribution in [3.63, 3.8) is 0 Å². The van der Waals surface area contributed by atoms with Crippen LogP contribution in [-0.4, -0.2) is 41.0 Å². The molecule has 2 fully saturated rings. The normalized spacial score (nSPS) is 39.6. The van der Waals surface area contributed by atoms with E-state index in [-0.39, 0.29) is 12.2 Å². The second-order valence-corrected chi connectivity index (χ2v) is 9.40. The first-order chi connectivity index (χ1) is 13.9. The van der Waals surface area contributed by atoms with Crippen molar-refractivity contribution in [1.82, 2.24) is 0 Å². The van der Waals surface area contributed by atoms with Crippen LogP contribution < -0.4 is 0 Å². The maximum absolute atomic E-state index is 15.2. The summed E-state index contributed by atoms with van der Waals surface area (Å²) in [5, 5.41) is 11.6. The van der Waals surface area contributed by atoms with E-state index < -0.39 is 46.9 Å². The fraction of sp³-hybridized carbons (Fsp3) is 0.542. The molecule has 30 heavy (non-hydrogen) atoms. The van der Waals surface area contributed by atoms with Gasteiger partial charge in [-0.25, -0.2) is 4.39 Å². The number of alkyl halides is 1. The average molecular weight is 414 g/mol. The minimum Gasteiger partial charge on any atom is -0.458 e. The highest BCUT2D eigenvalue weighted by Gasteiger charge is 2.64. The highest BCUT2D eigenvalue weighted by molar-refractivity contribution is 6.02. The molecule has 0 aromatic heterocycles. The van der Waals surface area contributed by atoms with Crippen molar-refractivity contribution in [2.45, 2.75) is 58.7 Å². The van der Waals surface area contributed by atoms with Gasteiger partial charge in [-0.1, -0.05) is 31.6 Å². The van der Waals surface area contributed by atoms with Crippen molar-refractivity contribution >= 4 is 17.5 Å². The molecule has 5 nitrogen and oxygen atoms in total. The lowest BCUT2D eigenvalue weighted by atomic mass is 9.56. The van der Waals surface area contributed by atoms with E-state index in [0.717, 1.165) is 16.7 Å². The van der Waals surface area contributed by atoms with Crippen LogP contribution in [0.2, 0.25) is 0 Å². The van der Waals surface area contributed by atoms with Crippen LogP contribution in [0, 0.1) is 16.7 Å². The molecule has 0 spiro atoms. The number of Topliss-reactive ketones (excluding diaryl/α,β-unsaturated/α-hetero) is 1. The number of ketones is 2. The van der Waals surface area contributed by atoms with Crippen LogP contribution >= 0.6 is 0 Å². The molecule has 2 saturated carbocycles. The fourth-order valence-electron chi connectivity index (χ4n) is 6.04. The Morgan fingerprint density at radius 1 is 1.30 bits per heavy atom. The van der Waals surface area contributed by atoms with Gasteiger partial charge < -0.3 is 9.84 Å². The van der Waals surface area contributed by atoms with Gasteiger partial charge in [0.15, 0.2) is 12.4 Å². The standard InChI is InChI=1S/C24H27FO5/c1-13-9-18-16-11-20(25)19-10-15(27)5-7-22(19,3)17(16)6-8-23(18,4)24(13,29)21(28)12-30-14(2)26/h5-7,10,13,20,29H,8-9,11-12H2,1-4H3/t13-,20+,22-,23+,24+/m1/s1. The molecular formula is C24H27FO5. The molecule has 4 aliphatic carbocycles. The van der Waals surface area contributed by atoms with E-state index in [0.29, 0.717) is 18.4 Å². The largest absolute Gasteiger partial charge is 0.458 e. The summed E-state index contributed by atoms with van der Waals surface area (Å²) < 4.78 is 20.1. The number of carbonyl (C=O) groups excluding carboxylic acids is 3. The molecule has 1 N–H and O–H groups in total. The van der Waals surface area contributed by atoms with Crippen LogP contribution in [0.25, 0.3) is 0 Å². The number of ether oxygens (including phenoxy) is 1. The van der Waals surface area contributed by atoms with Gasteiger partial charge in [-0.3, -0.25) is 14.4 Å². The number of esters is 1. The fourth-order valence-corrected chi connectivity index (χ4v) is 6.04. The van der Waals surface area contributed by atoms with Crippen LogP contribution in [0.15, 0.2) is 46.6 Å². The van der Waals surface area contributed by atoms with Crippen molar-refractivity contribution in [3.05, 3.63) is 46.6 Å². The molecule has 0 radical (unpaired) electrons. The summed E-state index contributed by atoms with van der Waals surface area (Å²) in [4.78, 5) is 36.0. The molecular weight excluding hydrogens is 387 g/mol. The lowest BCUT2D eigenvalue weighted by molar-refractivity contribution is -0.162. The summed E-state index contributed by atoms with van der Waals surface area (Å²) in [7, 11) is 0. The number of halogens is 1. The molecule has 0 unspecified atom stereocenters. The van der Waals surface area contributed by atoms with Gasteiger partial charge in [0.25, 0.3) is 0 Å². The summed E-state index contributed by atoms with van der Waals surface area (Å²) in [6.07, 6.45) is 6.34. The van der Waals surface area contributed by atoms with Gasteiger partial charge in [0, 0.05) is 24.2 Å². The SMILES string of the molecule is CC(=O)OCC(=O)[C@@]1(O)[C@H](C)CC2=C3C[C@H](F)C4=CC(=O)C=C[C@]4(C)C3=CC[C@@]21C. The van der Waals surface area contributed by atoms with Crippen LogP contribution in [0.5, 0.6) is 0 Å². The van der Waals surface area contributed by atoms with Crippen LogP contribution in [0.1, 0.15) is 47.0 Å². The van der Waals surface area contributed by atoms with E-state index in [9.17, 15) is 19.5 Å². The van der Waals surface area contributed by atoms with Crippen LogP contribution in [0.4, 0.5) is 4.39 Å². The lowest BCUT2D eigenvalue weighted by Crippen LogP contribution is -2.55. The Hall–Kier alpha value is -2.34. The van der Waals surface area contributed by atoms with Crippen molar-refractivity contribution in [2.24, 2.45) is 16.7 Å². The Morgan fingerprint density at radius 3 is 2.67 bits per heavy atom. The monoisotopic (exact) mass is 414 g/mol. The maximum atomic E-state index is 15.2. The van der Waals surface area contributed by atoms with Crippen molar-refractivity contribution in [3.8, 4) is 0 Å². The molecule has 0 amide bonds. The molecule has 4 aliphatic rings. The number of allylic oxidation sites excluding steroid dienone is 7. The van der Waals surface area contributed by atoms with Gasteiger partial charge in [0.2, 0.25) is 5.78 Å². The average Bonchev–Trinajstić information content (AvgIpc) is 2.89. The molecule has 0 heterocycles. The summed E-state index contributed by atoms with van der Waals surface area (Å²) in [5.74, 6) is -1.71. The first-order valence-corrected chi connectivity index (χ1v) is 10.4. The summed E-state index contributed by atoms with van der Waals surface area (Å²) in [6.45, 7) is 6.31. The molecule has 0 aromatic carbocycles. The first-order valence-electron chi connectivity index (χ1n) is 10.4. The Morgan fingerprint density at radius 2 is 2.00 bits per heavy atom. The first kappa shape index (κ1) is 20.9. The third-order valence-corrected chi connectivity index (χ3v) is 7.72. The van der Waals surface area contributed by atoms with Gasteiger partial charge in [-0.05, 0) is 54.6 Å². The number of carbonyl (C=O) groups is 3. The predicted octanol–water partition coefficient (Wildman–Crippen LogP) is 3.34. The van der Waals surface area contributed by atoms with Gasteiger partial charge in [0.1, 0.15) is 11.8 Å². The predicted molar refractivity (Wildman–Crippen MR) is 108 cm³/mol. The van der Waals surface area contributed by atoms with Crippen molar-refractivity contribution < 1.29 is 28.6 Å². The third-order valence-electron chi connectivity index (χ3n) is 7.72. The van der Waals surface area contributed by atoms with Gasteiger partial charge in [-0.15, -0.1) is 0 Å². The molecule has 160 valence electrons. The number of rotatable bonds is 3. The van der Waals surface area contributed by atoms with Gasteiger partial charge in [-0.2, -0.15) is 0 Å². The Balaban J connectivity index is 1.79. The lowest BCUT2D eigenvalue weighted by Gasteiger charge is -2.48. The van der Waals surface area contributed by atoms with Crippen LogP contribution in [-0.2, 0) is 19.1 Å². The molecule has 4 rings (SSSR count). The van der Waals surface area contributed by atoms with E-state index >= 15 is 4.39 Å². The highest BCUT2D eigenvalue weighted by Crippen LogP contribution is 2.63. The van der Waals surface area contributed by atoms with Gasteiger partial charge >= 0.3 is 5.97 Å². The Labute approximate surface area is 175 Å². The Kier molecular flexibility index (Phi) is 4.59. The molecule has 0 saturated heterocycles. The number of hydrogen-bond donors (Lipinski definition) is 1. The van der Waals surface area contributed by atoms with E-state index in [1.54, 1.807) is 6.08 Å². The topological polar surface area (TPSA) is 80.7 Å². The zero-order chi connectivity index (χ0) is 22.1. The van der Waals surface area contributed by atoms with E-state index in [1.165, 1.54) is 19.1 Å². The van der Waals surface area contributed by atoms with Crippen molar-refractivity contribution in [1.29, 1.82) is 0 Å². The molecule has 0 aromatic rings. The van der Waals surface area contributed by atoms with E-state index in [2.05, 4.69) is 0 Å².